The third-order valence-electron chi connectivity index (χ3n) is 9.27. The Morgan fingerprint density at radius 2 is 0.909 bits per heavy atom. The van der Waals surface area contributed by atoms with Crippen LogP contribution in [0.15, 0.2) is 109 Å². The Morgan fingerprint density at radius 1 is 0.523 bits per heavy atom. The molecule has 0 radical (unpaired) electrons. The van der Waals surface area contributed by atoms with Crippen LogP contribution in [0.3, 0.4) is 0 Å². The molecule has 0 aliphatic carbocycles. The number of halogens is 2. The third-order valence-corrected chi connectivity index (χ3v) is 14.9. The molecule has 6 aromatic carbocycles. The maximum Gasteiger partial charge on any atom is 4.00 e. The Hall–Kier alpha value is -2.22. The molecule has 0 saturated carbocycles. The van der Waals surface area contributed by atoms with Gasteiger partial charge in [0.15, 0.2) is 0 Å². The van der Waals surface area contributed by atoms with Crippen molar-refractivity contribution in [2.24, 2.45) is 0 Å². The van der Waals surface area contributed by atoms with Crippen LogP contribution in [0, 0.1) is 13.8 Å². The Balaban J connectivity index is 0.00000176. The summed E-state index contributed by atoms with van der Waals surface area (Å²) < 4.78 is 0. The topological polar surface area (TPSA) is 0 Å². The summed E-state index contributed by atoms with van der Waals surface area (Å²) in [5.41, 5.74) is 8.43. The van der Waals surface area contributed by atoms with Gasteiger partial charge in [0.2, 0.25) is 0 Å². The number of aryl methyl sites for hydroxylation is 2. The van der Waals surface area contributed by atoms with Crippen molar-refractivity contribution in [1.82, 2.24) is 0 Å². The van der Waals surface area contributed by atoms with Gasteiger partial charge in [-0.25, -0.2) is 0 Å². The Morgan fingerprint density at radius 3 is 1.27 bits per heavy atom. The van der Waals surface area contributed by atoms with Gasteiger partial charge in [0.1, 0.15) is 0 Å². The molecule has 0 N–H and O–H groups in total. The molecule has 0 bridgehead atoms. The molecule has 0 saturated heterocycles. The first-order valence-corrected chi connectivity index (χ1v) is 18.0. The molecule has 0 unspecified atom stereocenters. The fourth-order valence-electron chi connectivity index (χ4n) is 7.60. The van der Waals surface area contributed by atoms with Gasteiger partial charge in [0, 0.05) is 8.07 Å². The Labute approximate surface area is 297 Å². The van der Waals surface area contributed by atoms with E-state index >= 15 is 0 Å². The SMILES string of the molecule is CCCC[Si](CCCC)(c1c(C)[cH-]c2cccc(-c3ccccc3)c12)c1c(C)[cH-]c2cccc(-c3ccccc3)c12.[Cl-].[Cl-].[Zr+4]. The van der Waals surface area contributed by atoms with E-state index in [0.717, 1.165) is 0 Å². The summed E-state index contributed by atoms with van der Waals surface area (Å²) in [5, 5.41) is 9.24. The number of hydrogen-bond acceptors (Lipinski definition) is 0. The predicted octanol–water partition coefficient (Wildman–Crippen LogP) is 4.55. The van der Waals surface area contributed by atoms with Gasteiger partial charge >= 0.3 is 26.2 Å². The number of fused-ring (bicyclic) bond motifs is 2. The molecular weight excluding hydrogens is 671 g/mol. The van der Waals surface area contributed by atoms with Gasteiger partial charge in [-0.3, -0.25) is 0 Å². The van der Waals surface area contributed by atoms with Crippen LogP contribution in [0.25, 0.3) is 43.8 Å². The molecule has 0 spiro atoms. The van der Waals surface area contributed by atoms with E-state index in [-0.39, 0.29) is 51.0 Å². The number of unbranched alkanes of at least 4 members (excludes halogenated alkanes) is 2. The minimum Gasteiger partial charge on any atom is -1.00 e. The van der Waals surface area contributed by atoms with E-state index in [2.05, 4.69) is 137 Å². The monoisotopic (exact) mass is 710 g/mol. The van der Waals surface area contributed by atoms with E-state index in [4.69, 9.17) is 0 Å². The second-order valence-corrected chi connectivity index (χ2v) is 16.1. The second kappa shape index (κ2) is 15.9. The van der Waals surface area contributed by atoms with Crippen LogP contribution in [-0.4, -0.2) is 8.07 Å². The zero-order valence-corrected chi connectivity index (χ0v) is 31.4. The summed E-state index contributed by atoms with van der Waals surface area (Å²) in [5.74, 6) is 0. The second-order valence-electron chi connectivity index (χ2n) is 12.0. The fraction of sp³-hybridized carbons (Fsp3) is 0.250. The molecule has 0 nitrogen and oxygen atoms in total. The third kappa shape index (κ3) is 6.52. The van der Waals surface area contributed by atoms with E-state index in [0.29, 0.717) is 0 Å². The van der Waals surface area contributed by atoms with Gasteiger partial charge in [0.05, 0.1) is 0 Å². The summed E-state index contributed by atoms with van der Waals surface area (Å²) in [6, 6.07) is 43.7. The number of hydrogen-bond donors (Lipinski definition) is 0. The molecule has 4 heteroatoms. The molecule has 6 rings (SSSR count). The number of benzene rings is 4. The van der Waals surface area contributed by atoms with E-state index in [9.17, 15) is 0 Å². The van der Waals surface area contributed by atoms with Crippen molar-refractivity contribution in [3.05, 3.63) is 120 Å². The smallest absolute Gasteiger partial charge is 1.00 e. The maximum absolute atomic E-state index is 2.50. The fourth-order valence-corrected chi connectivity index (χ4v) is 14.2. The zero-order chi connectivity index (χ0) is 28.4. The predicted molar refractivity (Wildman–Crippen MR) is 184 cm³/mol. The Bertz CT molecular complexity index is 1650. The van der Waals surface area contributed by atoms with Gasteiger partial charge in [0.25, 0.3) is 0 Å². The van der Waals surface area contributed by atoms with Gasteiger partial charge in [-0.05, 0) is 11.1 Å². The molecule has 0 atom stereocenters. The minimum absolute atomic E-state index is 0. The van der Waals surface area contributed by atoms with Crippen molar-refractivity contribution in [3.63, 3.8) is 0 Å². The van der Waals surface area contributed by atoms with Gasteiger partial charge < -0.3 is 24.8 Å². The van der Waals surface area contributed by atoms with Crippen LogP contribution in [0.5, 0.6) is 0 Å². The Kier molecular flexibility index (Phi) is 13.1. The zero-order valence-electron chi connectivity index (χ0n) is 26.4. The summed E-state index contributed by atoms with van der Waals surface area (Å²) in [7, 11) is -2.23. The van der Waals surface area contributed by atoms with Crippen molar-refractivity contribution in [2.75, 3.05) is 0 Å². The van der Waals surface area contributed by atoms with Crippen LogP contribution in [0.2, 0.25) is 12.1 Å². The minimum atomic E-state index is -2.23. The van der Waals surface area contributed by atoms with Crippen molar-refractivity contribution in [1.29, 1.82) is 0 Å². The molecule has 0 fully saturated rings. The molecule has 0 aromatic heterocycles. The van der Waals surface area contributed by atoms with E-state index in [1.165, 1.54) is 92.7 Å². The van der Waals surface area contributed by atoms with Crippen LogP contribution >= 0.6 is 0 Å². The molecule has 0 aliphatic rings. The molecule has 224 valence electrons. The first-order chi connectivity index (χ1) is 20.1. The van der Waals surface area contributed by atoms with Crippen LogP contribution in [0.4, 0.5) is 0 Å². The molecule has 0 heterocycles. The van der Waals surface area contributed by atoms with Crippen molar-refractivity contribution >= 4 is 40.0 Å². The van der Waals surface area contributed by atoms with E-state index in [1.807, 2.05) is 0 Å². The molecule has 0 amide bonds. The van der Waals surface area contributed by atoms with Gasteiger partial charge in [-0.15, -0.1) is 69.1 Å². The van der Waals surface area contributed by atoms with E-state index in [1.54, 1.807) is 10.4 Å². The largest absolute Gasteiger partial charge is 4.00 e. The molecule has 44 heavy (non-hydrogen) atoms. The first kappa shape index (κ1) is 36.3. The molecule has 6 aromatic rings. The van der Waals surface area contributed by atoms with Crippen molar-refractivity contribution < 1.29 is 51.0 Å². The van der Waals surface area contributed by atoms with Crippen LogP contribution < -0.4 is 35.2 Å². The molecule has 0 aliphatic heterocycles. The number of rotatable bonds is 10. The average Bonchev–Trinajstić information content (AvgIpc) is 3.54. The van der Waals surface area contributed by atoms with Crippen molar-refractivity contribution in [3.8, 4) is 22.3 Å². The average molecular weight is 713 g/mol. The summed E-state index contributed by atoms with van der Waals surface area (Å²) in [4.78, 5) is 0. The van der Waals surface area contributed by atoms with Gasteiger partial charge in [-0.1, -0.05) is 149 Å². The maximum atomic E-state index is 2.50. The van der Waals surface area contributed by atoms with Crippen molar-refractivity contribution in [2.45, 2.75) is 65.5 Å². The normalized spacial score (nSPS) is 11.2. The summed E-state index contributed by atoms with van der Waals surface area (Å²) in [6.45, 7) is 9.55. The summed E-state index contributed by atoms with van der Waals surface area (Å²) in [6.07, 6.45) is 5.00. The quantitative estimate of drug-likeness (QED) is 0.145. The van der Waals surface area contributed by atoms with Crippen LogP contribution in [0.1, 0.15) is 50.7 Å². The van der Waals surface area contributed by atoms with Crippen LogP contribution in [-0.2, 0) is 26.2 Å². The standard InChI is InChI=1S/C40H42Si.2ClH.Zr/c1-5-7-25-41(26-8-6-2,39-29(3)27-33-21-15-23-35(37(33)39)31-17-11-9-12-18-31)40-30(4)28-34-22-16-24-36(38(34)40)32-19-13-10-14-20-32;;;/h9-24,27-28H,5-8,25-26H2,1-4H3;2*1H;/q-2;;;+4/p-2. The van der Waals surface area contributed by atoms with Gasteiger partial charge in [-0.2, -0.15) is 10.4 Å². The molecular formula is C40H42Cl2SiZr. The van der Waals surface area contributed by atoms with E-state index < -0.39 is 8.07 Å². The summed E-state index contributed by atoms with van der Waals surface area (Å²) >= 11 is 0. The first-order valence-electron chi connectivity index (χ1n) is 15.6.